The van der Waals surface area contributed by atoms with E-state index in [0.29, 0.717) is 5.95 Å². The van der Waals surface area contributed by atoms with Crippen molar-refractivity contribution in [2.24, 2.45) is 0 Å². The molecule has 6 heteroatoms. The maximum absolute atomic E-state index is 6.05. The molecule has 1 aliphatic heterocycles. The SMILES string of the molecule is CCc1nc(CN2Cc3c(-c4cccc(C)c4)nc(N)nc3[C@H]2C)c(C)[nH]1. The number of aromatic nitrogens is 4. The van der Waals surface area contributed by atoms with Crippen LogP contribution in [-0.4, -0.2) is 24.8 Å². The fraction of sp³-hybridized carbons (Fsp3) is 0.381. The minimum absolute atomic E-state index is 0.176. The van der Waals surface area contributed by atoms with E-state index in [-0.39, 0.29) is 6.04 Å². The number of hydrogen-bond acceptors (Lipinski definition) is 5. The van der Waals surface area contributed by atoms with Crippen LogP contribution in [-0.2, 0) is 19.5 Å². The van der Waals surface area contributed by atoms with Gasteiger partial charge in [0.1, 0.15) is 5.82 Å². The summed E-state index contributed by atoms with van der Waals surface area (Å²) in [6.45, 7) is 10.1. The number of fused-ring (bicyclic) bond motifs is 1. The second kappa shape index (κ2) is 6.78. The molecule has 0 unspecified atom stereocenters. The van der Waals surface area contributed by atoms with Crippen LogP contribution in [0.5, 0.6) is 0 Å². The topological polar surface area (TPSA) is 83.7 Å². The Morgan fingerprint density at radius 1 is 1.22 bits per heavy atom. The van der Waals surface area contributed by atoms with Crippen molar-refractivity contribution in [2.75, 3.05) is 5.73 Å². The van der Waals surface area contributed by atoms with Gasteiger partial charge in [-0.15, -0.1) is 0 Å². The Hall–Kier alpha value is -2.73. The van der Waals surface area contributed by atoms with Crippen molar-refractivity contribution in [1.82, 2.24) is 24.8 Å². The van der Waals surface area contributed by atoms with E-state index in [0.717, 1.165) is 53.7 Å². The zero-order valence-electron chi connectivity index (χ0n) is 16.4. The lowest BCUT2D eigenvalue weighted by Gasteiger charge is -2.20. The van der Waals surface area contributed by atoms with Crippen LogP contribution in [0.4, 0.5) is 5.95 Å². The number of imidazole rings is 1. The van der Waals surface area contributed by atoms with E-state index in [1.165, 1.54) is 11.1 Å². The first-order chi connectivity index (χ1) is 13.0. The predicted molar refractivity (Wildman–Crippen MR) is 107 cm³/mol. The largest absolute Gasteiger partial charge is 0.368 e. The van der Waals surface area contributed by atoms with Gasteiger partial charge in [-0.3, -0.25) is 4.90 Å². The zero-order valence-corrected chi connectivity index (χ0v) is 16.4. The monoisotopic (exact) mass is 362 g/mol. The number of nitrogens with zero attached hydrogens (tertiary/aromatic N) is 4. The Balaban J connectivity index is 1.70. The Bertz CT molecular complexity index is 990. The Labute approximate surface area is 159 Å². The Kier molecular flexibility index (Phi) is 4.44. The quantitative estimate of drug-likeness (QED) is 0.739. The number of nitrogens with one attached hydrogen (secondary N) is 1. The minimum Gasteiger partial charge on any atom is -0.368 e. The van der Waals surface area contributed by atoms with Gasteiger partial charge < -0.3 is 10.7 Å². The Morgan fingerprint density at radius 2 is 2.04 bits per heavy atom. The number of aryl methyl sites for hydroxylation is 3. The number of H-pyrrole nitrogens is 1. The highest BCUT2D eigenvalue weighted by atomic mass is 15.2. The summed E-state index contributed by atoms with van der Waals surface area (Å²) in [6, 6.07) is 8.57. The van der Waals surface area contributed by atoms with Crippen molar-refractivity contribution in [2.45, 2.75) is 53.2 Å². The molecule has 0 saturated heterocycles. The number of benzene rings is 1. The molecule has 1 aromatic carbocycles. The minimum atomic E-state index is 0.176. The summed E-state index contributed by atoms with van der Waals surface area (Å²) in [4.78, 5) is 19.7. The lowest BCUT2D eigenvalue weighted by Crippen LogP contribution is -2.20. The Morgan fingerprint density at radius 3 is 2.74 bits per heavy atom. The van der Waals surface area contributed by atoms with Crippen LogP contribution < -0.4 is 5.73 Å². The molecule has 1 aliphatic rings. The number of rotatable bonds is 4. The molecular weight excluding hydrogens is 336 g/mol. The third-order valence-corrected chi connectivity index (χ3v) is 5.37. The van der Waals surface area contributed by atoms with Crippen LogP contribution >= 0.6 is 0 Å². The molecular formula is C21H26N6. The van der Waals surface area contributed by atoms with Gasteiger partial charge in [-0.05, 0) is 26.8 Å². The summed E-state index contributed by atoms with van der Waals surface area (Å²) in [6.07, 6.45) is 0.913. The van der Waals surface area contributed by atoms with Crippen LogP contribution in [0, 0.1) is 13.8 Å². The van der Waals surface area contributed by atoms with Gasteiger partial charge in [0.25, 0.3) is 0 Å². The first kappa shape index (κ1) is 17.7. The molecule has 3 N–H and O–H groups in total. The molecule has 140 valence electrons. The number of anilines is 1. The summed E-state index contributed by atoms with van der Waals surface area (Å²) >= 11 is 0. The fourth-order valence-electron chi connectivity index (χ4n) is 3.83. The van der Waals surface area contributed by atoms with Crippen molar-refractivity contribution in [3.05, 3.63) is 58.3 Å². The number of nitrogens with two attached hydrogens (primary N) is 1. The third kappa shape index (κ3) is 3.21. The molecule has 1 atom stereocenters. The molecule has 6 nitrogen and oxygen atoms in total. The van der Waals surface area contributed by atoms with E-state index in [2.05, 4.69) is 71.8 Å². The van der Waals surface area contributed by atoms with Crippen LogP contribution in [0.1, 0.15) is 53.9 Å². The highest BCUT2D eigenvalue weighted by Crippen LogP contribution is 2.38. The first-order valence-electron chi connectivity index (χ1n) is 9.48. The van der Waals surface area contributed by atoms with E-state index in [1.807, 2.05) is 0 Å². The van der Waals surface area contributed by atoms with Crippen LogP contribution in [0.2, 0.25) is 0 Å². The maximum atomic E-state index is 6.05. The molecule has 27 heavy (non-hydrogen) atoms. The van der Waals surface area contributed by atoms with Crippen molar-refractivity contribution in [3.8, 4) is 11.3 Å². The van der Waals surface area contributed by atoms with E-state index in [4.69, 9.17) is 10.7 Å². The summed E-state index contributed by atoms with van der Waals surface area (Å²) in [5.41, 5.74) is 13.7. The molecule has 0 amide bonds. The lowest BCUT2D eigenvalue weighted by molar-refractivity contribution is 0.215. The lowest BCUT2D eigenvalue weighted by atomic mass is 10.0. The highest BCUT2D eigenvalue weighted by molar-refractivity contribution is 5.66. The maximum Gasteiger partial charge on any atom is 0.220 e. The van der Waals surface area contributed by atoms with E-state index in [1.54, 1.807) is 0 Å². The van der Waals surface area contributed by atoms with Gasteiger partial charge in [0.2, 0.25) is 5.95 Å². The second-order valence-electron chi connectivity index (χ2n) is 7.35. The van der Waals surface area contributed by atoms with Crippen molar-refractivity contribution in [1.29, 1.82) is 0 Å². The average Bonchev–Trinajstić information content (AvgIpc) is 3.15. The molecule has 0 radical (unpaired) electrons. The summed E-state index contributed by atoms with van der Waals surface area (Å²) in [5, 5.41) is 0. The second-order valence-corrected chi connectivity index (χ2v) is 7.35. The molecule has 0 saturated carbocycles. The molecule has 3 heterocycles. The van der Waals surface area contributed by atoms with Gasteiger partial charge in [-0.2, -0.15) is 0 Å². The van der Waals surface area contributed by atoms with Gasteiger partial charge in [-0.25, -0.2) is 15.0 Å². The predicted octanol–water partition coefficient (Wildman–Crippen LogP) is 3.70. The van der Waals surface area contributed by atoms with Gasteiger partial charge in [0.05, 0.1) is 23.1 Å². The molecule has 3 aromatic rings. The van der Waals surface area contributed by atoms with E-state index < -0.39 is 0 Å². The normalized spacial score (nSPS) is 16.7. The van der Waals surface area contributed by atoms with Crippen LogP contribution in [0.15, 0.2) is 24.3 Å². The zero-order chi connectivity index (χ0) is 19.1. The molecule has 0 bridgehead atoms. The van der Waals surface area contributed by atoms with Crippen molar-refractivity contribution < 1.29 is 0 Å². The summed E-state index contributed by atoms with van der Waals surface area (Å²) < 4.78 is 0. The first-order valence-corrected chi connectivity index (χ1v) is 9.48. The van der Waals surface area contributed by atoms with Crippen molar-refractivity contribution in [3.63, 3.8) is 0 Å². The highest BCUT2D eigenvalue weighted by Gasteiger charge is 2.32. The van der Waals surface area contributed by atoms with Gasteiger partial charge in [0, 0.05) is 36.3 Å². The van der Waals surface area contributed by atoms with E-state index in [9.17, 15) is 0 Å². The van der Waals surface area contributed by atoms with E-state index >= 15 is 0 Å². The van der Waals surface area contributed by atoms with Crippen LogP contribution in [0.25, 0.3) is 11.3 Å². The van der Waals surface area contributed by atoms with Crippen molar-refractivity contribution >= 4 is 5.95 Å². The molecule has 4 rings (SSSR count). The van der Waals surface area contributed by atoms with Gasteiger partial charge in [0.15, 0.2) is 0 Å². The number of hydrogen-bond donors (Lipinski definition) is 2. The number of aromatic amines is 1. The van der Waals surface area contributed by atoms with Crippen LogP contribution in [0.3, 0.4) is 0 Å². The summed E-state index contributed by atoms with van der Waals surface area (Å²) in [7, 11) is 0. The molecule has 0 spiro atoms. The smallest absolute Gasteiger partial charge is 0.220 e. The molecule has 0 fully saturated rings. The number of nitrogen functional groups attached to an aromatic ring is 1. The standard InChI is InChI=1S/C21H26N6/c1-5-18-23-13(3)17(24-18)11-27-10-16-19(14(27)4)25-21(22)26-20(16)15-8-6-7-12(2)9-15/h6-9,14H,5,10-11H2,1-4H3,(H,23,24)(H2,22,25,26)/t14-/m1/s1. The van der Waals surface area contributed by atoms with Gasteiger partial charge in [-0.1, -0.05) is 30.7 Å². The molecule has 2 aromatic heterocycles. The average molecular weight is 362 g/mol. The molecule has 0 aliphatic carbocycles. The fourth-order valence-corrected chi connectivity index (χ4v) is 3.83. The van der Waals surface area contributed by atoms with Gasteiger partial charge >= 0.3 is 0 Å². The summed E-state index contributed by atoms with van der Waals surface area (Å²) in [5.74, 6) is 1.37. The third-order valence-electron chi connectivity index (χ3n) is 5.37.